The summed E-state index contributed by atoms with van der Waals surface area (Å²) in [6, 6.07) is 11.0. The molecule has 110 valence electrons. The Morgan fingerprint density at radius 3 is 2.70 bits per heavy atom. The molecule has 1 aromatic rings. The fourth-order valence-electron chi connectivity index (χ4n) is 3.01. The highest BCUT2D eigenvalue weighted by molar-refractivity contribution is 6.27. The molecule has 0 aromatic heterocycles. The van der Waals surface area contributed by atoms with Crippen LogP contribution in [0.1, 0.15) is 25.8 Å². The number of hydrogen-bond donors (Lipinski definition) is 0. The van der Waals surface area contributed by atoms with Crippen LogP contribution in [0.4, 0.5) is 0 Å². The summed E-state index contributed by atoms with van der Waals surface area (Å²) in [5, 5.41) is 0. The van der Waals surface area contributed by atoms with Gasteiger partial charge in [0.25, 0.3) is 0 Å². The molecule has 1 aromatic carbocycles. The van der Waals surface area contributed by atoms with Crippen LogP contribution in [-0.2, 0) is 11.3 Å². The minimum Gasteiger partial charge on any atom is -0.335 e. The van der Waals surface area contributed by atoms with E-state index in [4.69, 9.17) is 11.6 Å². The number of likely N-dealkylation sites (tertiary alicyclic amines) is 1. The van der Waals surface area contributed by atoms with Gasteiger partial charge in [-0.05, 0) is 25.8 Å². The van der Waals surface area contributed by atoms with Gasteiger partial charge in [-0.15, -0.1) is 11.6 Å². The van der Waals surface area contributed by atoms with Crippen molar-refractivity contribution in [1.82, 2.24) is 9.80 Å². The Morgan fingerprint density at radius 1 is 1.40 bits per heavy atom. The molecule has 1 saturated heterocycles. The minimum atomic E-state index is 0.0493. The third-order valence-corrected chi connectivity index (χ3v) is 4.08. The SMILES string of the molecule is CC(C)N(C(=O)CCl)C1CCN(Cc2ccccc2)C1. The molecule has 0 spiro atoms. The van der Waals surface area contributed by atoms with Gasteiger partial charge < -0.3 is 4.90 Å². The fraction of sp³-hybridized carbons (Fsp3) is 0.562. The molecule has 2 rings (SSSR count). The number of carbonyl (C=O) groups is 1. The zero-order valence-corrected chi connectivity index (χ0v) is 13.0. The lowest BCUT2D eigenvalue weighted by Gasteiger charge is -2.32. The van der Waals surface area contributed by atoms with Crippen LogP contribution >= 0.6 is 11.6 Å². The van der Waals surface area contributed by atoms with E-state index in [1.165, 1.54) is 5.56 Å². The summed E-state index contributed by atoms with van der Waals surface area (Å²) in [7, 11) is 0. The maximum absolute atomic E-state index is 12.0. The third kappa shape index (κ3) is 3.74. The number of carbonyl (C=O) groups excluding carboxylic acids is 1. The first-order valence-corrected chi connectivity index (χ1v) is 7.78. The largest absolute Gasteiger partial charge is 0.335 e. The van der Waals surface area contributed by atoms with Crippen LogP contribution in [0.3, 0.4) is 0 Å². The zero-order valence-electron chi connectivity index (χ0n) is 12.3. The molecule has 20 heavy (non-hydrogen) atoms. The van der Waals surface area contributed by atoms with Crippen molar-refractivity contribution in [3.63, 3.8) is 0 Å². The Kier molecular flexibility index (Phi) is 5.44. The topological polar surface area (TPSA) is 23.6 Å². The van der Waals surface area contributed by atoms with Crippen LogP contribution < -0.4 is 0 Å². The Balaban J connectivity index is 1.95. The second-order valence-corrected chi connectivity index (χ2v) is 5.96. The quantitative estimate of drug-likeness (QED) is 0.780. The van der Waals surface area contributed by atoms with Crippen molar-refractivity contribution in [2.24, 2.45) is 0 Å². The van der Waals surface area contributed by atoms with Crippen molar-refractivity contribution in [1.29, 1.82) is 0 Å². The fourth-order valence-corrected chi connectivity index (χ4v) is 3.14. The highest BCUT2D eigenvalue weighted by Gasteiger charge is 2.31. The Bertz CT molecular complexity index is 435. The summed E-state index contributed by atoms with van der Waals surface area (Å²) in [4.78, 5) is 16.4. The smallest absolute Gasteiger partial charge is 0.238 e. The summed E-state index contributed by atoms with van der Waals surface area (Å²) in [6.07, 6.45) is 1.04. The summed E-state index contributed by atoms with van der Waals surface area (Å²) >= 11 is 5.73. The van der Waals surface area contributed by atoms with Crippen molar-refractivity contribution in [2.45, 2.75) is 38.9 Å². The second-order valence-electron chi connectivity index (χ2n) is 5.69. The van der Waals surface area contributed by atoms with Crippen LogP contribution in [0.25, 0.3) is 0 Å². The van der Waals surface area contributed by atoms with Gasteiger partial charge in [0.1, 0.15) is 5.88 Å². The molecule has 0 N–H and O–H groups in total. The highest BCUT2D eigenvalue weighted by atomic mass is 35.5. The number of hydrogen-bond acceptors (Lipinski definition) is 2. The minimum absolute atomic E-state index is 0.0493. The molecule has 0 saturated carbocycles. The molecule has 1 aliphatic heterocycles. The maximum Gasteiger partial charge on any atom is 0.238 e. The highest BCUT2D eigenvalue weighted by Crippen LogP contribution is 2.20. The van der Waals surface area contributed by atoms with Gasteiger partial charge in [-0.1, -0.05) is 30.3 Å². The van der Waals surface area contributed by atoms with Gasteiger partial charge >= 0.3 is 0 Å². The summed E-state index contributed by atoms with van der Waals surface area (Å²) in [5.41, 5.74) is 1.33. The third-order valence-electron chi connectivity index (χ3n) is 3.85. The standard InChI is InChI=1S/C16H23ClN2O/c1-13(2)19(16(20)10-17)15-8-9-18(12-15)11-14-6-4-3-5-7-14/h3-7,13,15H,8-12H2,1-2H3. The molecule has 3 nitrogen and oxygen atoms in total. The molecule has 1 unspecified atom stereocenters. The van der Waals surface area contributed by atoms with E-state index in [2.05, 4.69) is 43.0 Å². The van der Waals surface area contributed by atoms with Crippen molar-refractivity contribution in [2.75, 3.05) is 19.0 Å². The lowest BCUT2D eigenvalue weighted by molar-refractivity contribution is -0.132. The van der Waals surface area contributed by atoms with Crippen molar-refractivity contribution >= 4 is 17.5 Å². The zero-order chi connectivity index (χ0) is 14.5. The van der Waals surface area contributed by atoms with Gasteiger partial charge in [-0.25, -0.2) is 0 Å². The van der Waals surface area contributed by atoms with Gasteiger partial charge in [-0.2, -0.15) is 0 Å². The van der Waals surface area contributed by atoms with E-state index in [1.807, 2.05) is 11.0 Å². The molecule has 1 amide bonds. The maximum atomic E-state index is 12.0. The number of rotatable bonds is 5. The molecule has 1 heterocycles. The monoisotopic (exact) mass is 294 g/mol. The van der Waals surface area contributed by atoms with E-state index in [1.54, 1.807) is 0 Å². The molecule has 1 aliphatic rings. The molecule has 4 heteroatoms. The van der Waals surface area contributed by atoms with Crippen molar-refractivity contribution in [3.05, 3.63) is 35.9 Å². The first kappa shape index (κ1) is 15.3. The van der Waals surface area contributed by atoms with Gasteiger partial charge in [0.15, 0.2) is 0 Å². The van der Waals surface area contributed by atoms with Crippen LogP contribution in [0.5, 0.6) is 0 Å². The summed E-state index contributed by atoms with van der Waals surface area (Å²) < 4.78 is 0. The van der Waals surface area contributed by atoms with Crippen LogP contribution in [-0.4, -0.2) is 46.8 Å². The number of benzene rings is 1. The van der Waals surface area contributed by atoms with Gasteiger partial charge in [-0.3, -0.25) is 9.69 Å². The van der Waals surface area contributed by atoms with Gasteiger partial charge in [0, 0.05) is 31.7 Å². The van der Waals surface area contributed by atoms with E-state index in [0.29, 0.717) is 6.04 Å². The van der Waals surface area contributed by atoms with E-state index >= 15 is 0 Å². The molecular formula is C16H23ClN2O. The number of amides is 1. The number of nitrogens with zero attached hydrogens (tertiary/aromatic N) is 2. The van der Waals surface area contributed by atoms with Crippen molar-refractivity contribution in [3.8, 4) is 0 Å². The van der Waals surface area contributed by atoms with Crippen LogP contribution in [0.15, 0.2) is 30.3 Å². The molecule has 0 aliphatic carbocycles. The normalized spacial score (nSPS) is 19.5. The molecule has 0 radical (unpaired) electrons. The Labute approximate surface area is 126 Å². The van der Waals surface area contributed by atoms with E-state index in [-0.39, 0.29) is 17.8 Å². The summed E-state index contributed by atoms with van der Waals surface area (Å²) in [5.74, 6) is 0.126. The molecule has 1 fully saturated rings. The average molecular weight is 295 g/mol. The number of halogens is 1. The number of alkyl halides is 1. The van der Waals surface area contributed by atoms with Crippen LogP contribution in [0, 0.1) is 0 Å². The molecule has 1 atom stereocenters. The van der Waals surface area contributed by atoms with E-state index in [0.717, 1.165) is 26.1 Å². The second kappa shape index (κ2) is 7.09. The predicted molar refractivity (Wildman–Crippen MR) is 82.8 cm³/mol. The molecule has 0 bridgehead atoms. The predicted octanol–water partition coefficient (Wildman–Crippen LogP) is 2.74. The van der Waals surface area contributed by atoms with Crippen LogP contribution in [0.2, 0.25) is 0 Å². The summed E-state index contributed by atoms with van der Waals surface area (Å²) in [6.45, 7) is 7.06. The lowest BCUT2D eigenvalue weighted by atomic mass is 10.1. The molecular weight excluding hydrogens is 272 g/mol. The Morgan fingerprint density at radius 2 is 2.10 bits per heavy atom. The van der Waals surface area contributed by atoms with E-state index < -0.39 is 0 Å². The first-order chi connectivity index (χ1) is 9.61. The van der Waals surface area contributed by atoms with E-state index in [9.17, 15) is 4.79 Å². The Hall–Kier alpha value is -1.06. The van der Waals surface area contributed by atoms with Crippen molar-refractivity contribution < 1.29 is 4.79 Å². The average Bonchev–Trinajstić information content (AvgIpc) is 2.87. The van der Waals surface area contributed by atoms with Gasteiger partial charge in [0.2, 0.25) is 5.91 Å². The first-order valence-electron chi connectivity index (χ1n) is 7.25. The lowest BCUT2D eigenvalue weighted by Crippen LogP contribution is -2.46. The van der Waals surface area contributed by atoms with Gasteiger partial charge in [0.05, 0.1) is 0 Å².